The molecule has 0 aliphatic rings. The van der Waals surface area contributed by atoms with Gasteiger partial charge in [0.2, 0.25) is 0 Å². The lowest BCUT2D eigenvalue weighted by molar-refractivity contribution is -0.146. The molecule has 0 fully saturated rings. The standard InChI is InChI=1S/C17H23NO6S/c1-6-22-15(19)12(16(20)23-7-2)9-18-14-13(17(21)24-8-3)10(4)11(5)25-14/h9,18H,6-8H2,1-5H3. The quantitative estimate of drug-likeness (QED) is 0.248. The lowest BCUT2D eigenvalue weighted by Crippen LogP contribution is -2.19. The van der Waals surface area contributed by atoms with E-state index < -0.39 is 17.9 Å². The molecule has 0 aliphatic carbocycles. The predicted molar refractivity (Wildman–Crippen MR) is 94.7 cm³/mol. The molecule has 0 saturated carbocycles. The minimum atomic E-state index is -0.795. The maximum absolute atomic E-state index is 12.2. The van der Waals surface area contributed by atoms with Crippen LogP contribution in [0.25, 0.3) is 0 Å². The number of nitrogens with one attached hydrogen (secondary N) is 1. The largest absolute Gasteiger partial charge is 0.462 e. The molecular formula is C17H23NO6S. The van der Waals surface area contributed by atoms with Gasteiger partial charge in [-0.15, -0.1) is 11.3 Å². The van der Waals surface area contributed by atoms with Crippen LogP contribution in [-0.2, 0) is 23.8 Å². The van der Waals surface area contributed by atoms with Crippen molar-refractivity contribution in [2.45, 2.75) is 34.6 Å². The molecule has 7 nitrogen and oxygen atoms in total. The Kier molecular flexibility index (Phi) is 8.13. The Balaban J connectivity index is 3.18. The molecule has 0 bridgehead atoms. The van der Waals surface area contributed by atoms with Crippen LogP contribution in [-0.4, -0.2) is 37.7 Å². The topological polar surface area (TPSA) is 90.9 Å². The highest BCUT2D eigenvalue weighted by Crippen LogP contribution is 2.33. The highest BCUT2D eigenvalue weighted by atomic mass is 32.1. The summed E-state index contributed by atoms with van der Waals surface area (Å²) in [6, 6.07) is 0. The van der Waals surface area contributed by atoms with Crippen LogP contribution >= 0.6 is 11.3 Å². The van der Waals surface area contributed by atoms with Crippen LogP contribution in [0.2, 0.25) is 0 Å². The third-order valence-electron chi connectivity index (χ3n) is 3.20. The van der Waals surface area contributed by atoms with Crippen molar-refractivity contribution in [3.8, 4) is 0 Å². The van der Waals surface area contributed by atoms with Crippen molar-refractivity contribution >= 4 is 34.2 Å². The maximum atomic E-state index is 12.2. The Hall–Kier alpha value is -2.35. The van der Waals surface area contributed by atoms with E-state index in [1.807, 2.05) is 13.8 Å². The fourth-order valence-electron chi connectivity index (χ4n) is 1.93. The van der Waals surface area contributed by atoms with E-state index in [0.29, 0.717) is 10.6 Å². The predicted octanol–water partition coefficient (Wildman–Crippen LogP) is 2.96. The van der Waals surface area contributed by atoms with Crippen LogP contribution in [0.15, 0.2) is 11.8 Å². The number of carbonyl (C=O) groups excluding carboxylic acids is 3. The highest BCUT2D eigenvalue weighted by molar-refractivity contribution is 7.16. The third-order valence-corrected chi connectivity index (χ3v) is 4.34. The Labute approximate surface area is 151 Å². The zero-order valence-corrected chi connectivity index (χ0v) is 15.9. The van der Waals surface area contributed by atoms with Crippen LogP contribution in [0.4, 0.5) is 5.00 Å². The Bertz CT molecular complexity index is 657. The van der Waals surface area contributed by atoms with Crippen molar-refractivity contribution in [1.29, 1.82) is 0 Å². The van der Waals surface area contributed by atoms with Crippen molar-refractivity contribution in [2.24, 2.45) is 0 Å². The molecule has 0 amide bonds. The lowest BCUT2D eigenvalue weighted by atomic mass is 10.1. The molecule has 138 valence electrons. The molecule has 0 atom stereocenters. The van der Waals surface area contributed by atoms with Gasteiger partial charge in [0.1, 0.15) is 5.00 Å². The van der Waals surface area contributed by atoms with Gasteiger partial charge in [0.05, 0.1) is 25.4 Å². The molecule has 0 aliphatic heterocycles. The molecule has 1 aromatic heterocycles. The molecule has 8 heteroatoms. The van der Waals surface area contributed by atoms with Gasteiger partial charge in [-0.05, 0) is 40.2 Å². The first-order valence-electron chi connectivity index (χ1n) is 7.95. The van der Waals surface area contributed by atoms with Crippen LogP contribution in [0, 0.1) is 13.8 Å². The number of rotatable bonds is 8. The van der Waals surface area contributed by atoms with E-state index in [1.54, 1.807) is 20.8 Å². The number of carbonyl (C=O) groups is 3. The first-order valence-corrected chi connectivity index (χ1v) is 8.76. The Morgan fingerprint density at radius 3 is 1.96 bits per heavy atom. The SMILES string of the molecule is CCOC(=O)C(=CNc1sc(C)c(C)c1C(=O)OCC)C(=O)OCC. The van der Waals surface area contributed by atoms with Gasteiger partial charge in [-0.25, -0.2) is 14.4 Å². The molecule has 0 radical (unpaired) electrons. The molecule has 1 N–H and O–H groups in total. The normalized spacial score (nSPS) is 9.96. The minimum Gasteiger partial charge on any atom is -0.462 e. The van der Waals surface area contributed by atoms with Gasteiger partial charge < -0.3 is 19.5 Å². The van der Waals surface area contributed by atoms with E-state index in [0.717, 1.165) is 10.4 Å². The first-order chi connectivity index (χ1) is 11.9. The summed E-state index contributed by atoms with van der Waals surface area (Å²) in [6.45, 7) is 9.18. The van der Waals surface area contributed by atoms with Gasteiger partial charge >= 0.3 is 17.9 Å². The van der Waals surface area contributed by atoms with Crippen LogP contribution < -0.4 is 5.32 Å². The summed E-state index contributed by atoms with van der Waals surface area (Å²) in [6.07, 6.45) is 1.20. The summed E-state index contributed by atoms with van der Waals surface area (Å²) in [4.78, 5) is 37.0. The van der Waals surface area contributed by atoms with Gasteiger partial charge in [0.15, 0.2) is 5.57 Å². The van der Waals surface area contributed by atoms with E-state index in [2.05, 4.69) is 5.32 Å². The number of hydrogen-bond donors (Lipinski definition) is 1. The van der Waals surface area contributed by atoms with Crippen molar-refractivity contribution in [2.75, 3.05) is 25.1 Å². The number of ether oxygens (including phenoxy) is 3. The number of hydrogen-bond acceptors (Lipinski definition) is 8. The van der Waals surface area contributed by atoms with Crippen LogP contribution in [0.1, 0.15) is 41.6 Å². The third kappa shape index (κ3) is 5.32. The molecule has 1 rings (SSSR count). The number of thiophene rings is 1. The van der Waals surface area contributed by atoms with E-state index in [-0.39, 0.29) is 25.4 Å². The lowest BCUT2D eigenvalue weighted by Gasteiger charge is -2.08. The highest BCUT2D eigenvalue weighted by Gasteiger charge is 2.23. The molecular weight excluding hydrogens is 346 g/mol. The molecule has 1 aromatic rings. The second-order valence-electron chi connectivity index (χ2n) is 4.85. The fourth-order valence-corrected chi connectivity index (χ4v) is 2.95. The van der Waals surface area contributed by atoms with Crippen molar-refractivity contribution in [1.82, 2.24) is 0 Å². The Morgan fingerprint density at radius 1 is 0.960 bits per heavy atom. The van der Waals surface area contributed by atoms with E-state index in [4.69, 9.17) is 14.2 Å². The maximum Gasteiger partial charge on any atom is 0.347 e. The van der Waals surface area contributed by atoms with Gasteiger partial charge in [-0.2, -0.15) is 0 Å². The second-order valence-corrected chi connectivity index (χ2v) is 6.08. The fraction of sp³-hybridized carbons (Fsp3) is 0.471. The average molecular weight is 369 g/mol. The molecule has 0 unspecified atom stereocenters. The van der Waals surface area contributed by atoms with Crippen LogP contribution in [0.5, 0.6) is 0 Å². The number of aryl methyl sites for hydroxylation is 1. The second kappa shape index (κ2) is 9.83. The monoisotopic (exact) mass is 369 g/mol. The van der Waals surface area contributed by atoms with Crippen molar-refractivity contribution in [3.63, 3.8) is 0 Å². The summed E-state index contributed by atoms with van der Waals surface area (Å²) in [5.41, 5.74) is 0.892. The van der Waals surface area contributed by atoms with E-state index in [9.17, 15) is 14.4 Å². The molecule has 0 aromatic carbocycles. The van der Waals surface area contributed by atoms with E-state index in [1.165, 1.54) is 17.5 Å². The summed E-state index contributed by atoms with van der Waals surface area (Å²) in [5, 5.41) is 3.33. The molecule has 0 spiro atoms. The molecule has 0 saturated heterocycles. The summed E-state index contributed by atoms with van der Waals surface area (Å²) >= 11 is 1.33. The van der Waals surface area contributed by atoms with E-state index >= 15 is 0 Å². The van der Waals surface area contributed by atoms with Gasteiger partial charge in [-0.3, -0.25) is 0 Å². The molecule has 1 heterocycles. The zero-order chi connectivity index (χ0) is 19.0. The van der Waals surface area contributed by atoms with Crippen molar-refractivity contribution in [3.05, 3.63) is 27.8 Å². The Morgan fingerprint density at radius 2 is 1.48 bits per heavy atom. The number of esters is 3. The minimum absolute atomic E-state index is 0.126. The zero-order valence-electron chi connectivity index (χ0n) is 15.1. The summed E-state index contributed by atoms with van der Waals surface area (Å²) < 4.78 is 14.8. The number of anilines is 1. The first kappa shape index (κ1) is 20.7. The van der Waals surface area contributed by atoms with Crippen LogP contribution in [0.3, 0.4) is 0 Å². The summed E-state index contributed by atoms with van der Waals surface area (Å²) in [5.74, 6) is -2.05. The average Bonchev–Trinajstić information content (AvgIpc) is 2.83. The smallest absolute Gasteiger partial charge is 0.347 e. The van der Waals surface area contributed by atoms with Gasteiger partial charge in [0, 0.05) is 11.1 Å². The van der Waals surface area contributed by atoms with Gasteiger partial charge in [0.25, 0.3) is 0 Å². The summed E-state index contributed by atoms with van der Waals surface area (Å²) in [7, 11) is 0. The van der Waals surface area contributed by atoms with Gasteiger partial charge in [-0.1, -0.05) is 0 Å². The van der Waals surface area contributed by atoms with Crippen molar-refractivity contribution < 1.29 is 28.6 Å². The molecule has 25 heavy (non-hydrogen) atoms.